The number of hydrogen-bond donors (Lipinski definition) is 2. The summed E-state index contributed by atoms with van der Waals surface area (Å²) >= 11 is 5.67. The highest BCUT2D eigenvalue weighted by Crippen LogP contribution is 2.05. The second-order valence-electron chi connectivity index (χ2n) is 3.97. The number of nitrogens with one attached hydrogen (secondary N) is 1. The van der Waals surface area contributed by atoms with Gasteiger partial charge in [-0.3, -0.25) is 0 Å². The Kier molecular flexibility index (Phi) is 5.05. The maximum Gasteiger partial charge on any atom is 0.188 e. The molecule has 0 bridgehead atoms. The van der Waals surface area contributed by atoms with Crippen LogP contribution in [-0.2, 0) is 6.54 Å². The summed E-state index contributed by atoms with van der Waals surface area (Å²) in [5.74, 6) is 1.01. The summed E-state index contributed by atoms with van der Waals surface area (Å²) in [5, 5.41) is 3.53. The number of rotatable bonds is 4. The first-order valence-corrected chi connectivity index (χ1v) is 5.60. The van der Waals surface area contributed by atoms with Crippen molar-refractivity contribution in [2.45, 2.75) is 20.4 Å². The number of aromatic nitrogens is 1. The predicted molar refractivity (Wildman–Crippen MR) is 67.4 cm³/mol. The second-order valence-corrected chi connectivity index (χ2v) is 4.35. The van der Waals surface area contributed by atoms with E-state index in [9.17, 15) is 0 Å². The van der Waals surface area contributed by atoms with Crippen LogP contribution in [0.25, 0.3) is 0 Å². The van der Waals surface area contributed by atoms with Crippen LogP contribution in [0.3, 0.4) is 0 Å². The molecule has 0 amide bonds. The van der Waals surface area contributed by atoms with Gasteiger partial charge in [-0.1, -0.05) is 31.5 Å². The van der Waals surface area contributed by atoms with Gasteiger partial charge >= 0.3 is 0 Å². The van der Waals surface area contributed by atoms with Crippen LogP contribution in [0.5, 0.6) is 0 Å². The third kappa shape index (κ3) is 4.98. The SMILES string of the molecule is CC(C)CNC(N)=NCc1ccc(Cl)nc1. The zero-order valence-corrected chi connectivity index (χ0v) is 10.3. The van der Waals surface area contributed by atoms with Crippen molar-refractivity contribution in [3.05, 3.63) is 29.0 Å². The van der Waals surface area contributed by atoms with Crippen molar-refractivity contribution < 1.29 is 0 Å². The number of nitrogens with zero attached hydrogens (tertiary/aromatic N) is 2. The minimum Gasteiger partial charge on any atom is -0.370 e. The fourth-order valence-electron chi connectivity index (χ4n) is 1.04. The topological polar surface area (TPSA) is 63.3 Å². The monoisotopic (exact) mass is 240 g/mol. The molecule has 4 nitrogen and oxygen atoms in total. The van der Waals surface area contributed by atoms with Gasteiger partial charge in [0.05, 0.1) is 6.54 Å². The van der Waals surface area contributed by atoms with Crippen molar-refractivity contribution in [3.8, 4) is 0 Å². The van der Waals surface area contributed by atoms with Gasteiger partial charge in [-0.15, -0.1) is 0 Å². The fourth-order valence-corrected chi connectivity index (χ4v) is 1.15. The Morgan fingerprint density at radius 1 is 1.56 bits per heavy atom. The summed E-state index contributed by atoms with van der Waals surface area (Å²) in [4.78, 5) is 8.16. The molecule has 0 aliphatic carbocycles. The Morgan fingerprint density at radius 3 is 2.88 bits per heavy atom. The summed E-state index contributed by atoms with van der Waals surface area (Å²) in [5.41, 5.74) is 6.68. The molecule has 0 atom stereocenters. The smallest absolute Gasteiger partial charge is 0.188 e. The molecule has 0 radical (unpaired) electrons. The normalized spacial score (nSPS) is 11.9. The largest absolute Gasteiger partial charge is 0.370 e. The number of hydrogen-bond acceptors (Lipinski definition) is 2. The quantitative estimate of drug-likeness (QED) is 0.479. The van der Waals surface area contributed by atoms with Gasteiger partial charge in [0.15, 0.2) is 5.96 Å². The van der Waals surface area contributed by atoms with Crippen molar-refractivity contribution in [1.29, 1.82) is 0 Å². The van der Waals surface area contributed by atoms with Crippen LogP contribution >= 0.6 is 11.6 Å². The van der Waals surface area contributed by atoms with Crippen molar-refractivity contribution in [2.24, 2.45) is 16.6 Å². The van der Waals surface area contributed by atoms with Crippen molar-refractivity contribution in [1.82, 2.24) is 10.3 Å². The van der Waals surface area contributed by atoms with Crippen LogP contribution in [0.4, 0.5) is 0 Å². The lowest BCUT2D eigenvalue weighted by molar-refractivity contribution is 0.622. The van der Waals surface area contributed by atoms with E-state index in [4.69, 9.17) is 17.3 Å². The Labute approximate surface area is 101 Å². The van der Waals surface area contributed by atoms with Gasteiger partial charge in [0.1, 0.15) is 5.15 Å². The number of guanidine groups is 1. The average molecular weight is 241 g/mol. The summed E-state index contributed by atoms with van der Waals surface area (Å²) < 4.78 is 0. The van der Waals surface area contributed by atoms with Gasteiger partial charge in [0, 0.05) is 12.7 Å². The number of nitrogens with two attached hydrogens (primary N) is 1. The molecule has 88 valence electrons. The molecule has 0 spiro atoms. The van der Waals surface area contributed by atoms with E-state index in [1.54, 1.807) is 12.3 Å². The van der Waals surface area contributed by atoms with Gasteiger partial charge in [-0.05, 0) is 17.5 Å². The minimum absolute atomic E-state index is 0.462. The average Bonchev–Trinajstić information content (AvgIpc) is 2.25. The molecule has 1 aromatic heterocycles. The number of halogens is 1. The van der Waals surface area contributed by atoms with Gasteiger partial charge in [0.25, 0.3) is 0 Å². The van der Waals surface area contributed by atoms with Crippen molar-refractivity contribution in [3.63, 3.8) is 0 Å². The standard InChI is InChI=1S/C11H17ClN4/c1-8(2)5-15-11(13)16-7-9-3-4-10(12)14-6-9/h3-4,6,8H,5,7H2,1-2H3,(H3,13,15,16). The molecule has 3 N–H and O–H groups in total. The van der Waals surface area contributed by atoms with E-state index >= 15 is 0 Å². The Hall–Kier alpha value is -1.29. The van der Waals surface area contributed by atoms with E-state index in [0.29, 0.717) is 23.6 Å². The molecule has 0 aliphatic rings. The molecule has 5 heteroatoms. The fraction of sp³-hybridized carbons (Fsp3) is 0.455. The van der Waals surface area contributed by atoms with Gasteiger partial charge in [0.2, 0.25) is 0 Å². The molecule has 0 aromatic carbocycles. The van der Waals surface area contributed by atoms with Crippen LogP contribution in [0.2, 0.25) is 5.15 Å². The van der Waals surface area contributed by atoms with Crippen LogP contribution < -0.4 is 11.1 Å². The van der Waals surface area contributed by atoms with Crippen molar-refractivity contribution >= 4 is 17.6 Å². The van der Waals surface area contributed by atoms with Crippen LogP contribution in [0.1, 0.15) is 19.4 Å². The molecule has 0 unspecified atom stereocenters. The number of pyridine rings is 1. The summed E-state index contributed by atoms with van der Waals surface area (Å²) in [6, 6.07) is 3.62. The first kappa shape index (κ1) is 12.8. The summed E-state index contributed by atoms with van der Waals surface area (Å²) in [7, 11) is 0. The molecule has 1 aromatic rings. The van der Waals surface area contributed by atoms with Gasteiger partial charge < -0.3 is 11.1 Å². The molecule has 0 saturated carbocycles. The first-order chi connectivity index (χ1) is 7.58. The molecule has 0 saturated heterocycles. The molecule has 1 rings (SSSR count). The van der Waals surface area contributed by atoms with E-state index in [0.717, 1.165) is 12.1 Å². The van der Waals surface area contributed by atoms with E-state index in [1.807, 2.05) is 6.07 Å². The highest BCUT2D eigenvalue weighted by atomic mass is 35.5. The second kappa shape index (κ2) is 6.33. The Morgan fingerprint density at radius 2 is 2.31 bits per heavy atom. The Bertz CT molecular complexity index is 346. The summed E-state index contributed by atoms with van der Waals surface area (Å²) in [6.45, 7) is 5.57. The number of aliphatic imine (C=N–C) groups is 1. The minimum atomic E-state index is 0.462. The third-order valence-electron chi connectivity index (χ3n) is 1.91. The van der Waals surface area contributed by atoms with Crippen LogP contribution in [-0.4, -0.2) is 17.5 Å². The zero-order valence-electron chi connectivity index (χ0n) is 9.57. The zero-order chi connectivity index (χ0) is 12.0. The van der Waals surface area contributed by atoms with Gasteiger partial charge in [-0.25, -0.2) is 9.98 Å². The summed E-state index contributed by atoms with van der Waals surface area (Å²) in [6.07, 6.45) is 1.70. The van der Waals surface area contributed by atoms with Crippen molar-refractivity contribution in [2.75, 3.05) is 6.54 Å². The third-order valence-corrected chi connectivity index (χ3v) is 2.14. The van der Waals surface area contributed by atoms with E-state index in [-0.39, 0.29) is 0 Å². The molecular formula is C11H17ClN4. The maximum atomic E-state index is 5.69. The lowest BCUT2D eigenvalue weighted by Crippen LogP contribution is -2.34. The molecule has 16 heavy (non-hydrogen) atoms. The van der Waals surface area contributed by atoms with E-state index in [1.165, 1.54) is 0 Å². The van der Waals surface area contributed by atoms with Crippen LogP contribution in [0.15, 0.2) is 23.3 Å². The lowest BCUT2D eigenvalue weighted by atomic mass is 10.2. The molecule has 0 fully saturated rings. The Balaban J connectivity index is 2.43. The molecule has 0 aliphatic heterocycles. The highest BCUT2D eigenvalue weighted by Gasteiger charge is 1.96. The predicted octanol–water partition coefficient (Wildman–Crippen LogP) is 1.80. The van der Waals surface area contributed by atoms with Gasteiger partial charge in [-0.2, -0.15) is 0 Å². The lowest BCUT2D eigenvalue weighted by Gasteiger charge is -2.07. The first-order valence-electron chi connectivity index (χ1n) is 5.22. The molecular weight excluding hydrogens is 224 g/mol. The van der Waals surface area contributed by atoms with Crippen LogP contribution in [0, 0.1) is 5.92 Å². The van der Waals surface area contributed by atoms with E-state index in [2.05, 4.69) is 29.1 Å². The maximum absolute atomic E-state index is 5.69. The van der Waals surface area contributed by atoms with E-state index < -0.39 is 0 Å². The highest BCUT2D eigenvalue weighted by molar-refractivity contribution is 6.29. The molecule has 1 heterocycles.